The molecule has 0 bridgehead atoms. The Morgan fingerprint density at radius 2 is 1.71 bits per heavy atom. The number of carbonyl (C=O) groups excluding carboxylic acids is 1. The summed E-state index contributed by atoms with van der Waals surface area (Å²) in [6, 6.07) is 18.9. The first kappa shape index (κ1) is 24.8. The second-order valence-electron chi connectivity index (χ2n) is 7.14. The highest BCUT2D eigenvalue weighted by atomic mass is 79.9. The zero-order valence-corrected chi connectivity index (χ0v) is 23.0. The van der Waals surface area contributed by atoms with Gasteiger partial charge in [0.05, 0.1) is 29.3 Å². The van der Waals surface area contributed by atoms with E-state index in [0.717, 1.165) is 20.1 Å². The lowest BCUT2D eigenvalue weighted by molar-refractivity contribution is -0.113. The van der Waals surface area contributed by atoms with Crippen LogP contribution in [0, 0.1) is 0 Å². The number of ether oxygens (including phenoxy) is 3. The number of halogens is 2. The van der Waals surface area contributed by atoms with Gasteiger partial charge in [0.15, 0.2) is 15.8 Å². The Bertz CT molecular complexity index is 1280. The summed E-state index contributed by atoms with van der Waals surface area (Å²) in [6.07, 6.45) is 1.79. The molecule has 0 spiro atoms. The molecule has 1 aliphatic rings. The summed E-state index contributed by atoms with van der Waals surface area (Å²) in [4.78, 5) is 15.2. The number of hydrogen-bond donors (Lipinski definition) is 0. The molecule has 1 heterocycles. The summed E-state index contributed by atoms with van der Waals surface area (Å²) in [5.74, 6) is 1.52. The molecule has 0 aliphatic carbocycles. The summed E-state index contributed by atoms with van der Waals surface area (Å²) in [5.41, 5.74) is 2.42. The van der Waals surface area contributed by atoms with Crippen molar-refractivity contribution in [2.24, 2.45) is 0 Å². The van der Waals surface area contributed by atoms with Gasteiger partial charge in [-0.25, -0.2) is 0 Å². The minimum absolute atomic E-state index is 0.204. The van der Waals surface area contributed by atoms with Crippen molar-refractivity contribution in [3.8, 4) is 17.2 Å². The van der Waals surface area contributed by atoms with Crippen LogP contribution < -0.4 is 19.1 Å². The Labute approximate surface area is 224 Å². The highest BCUT2D eigenvalue weighted by molar-refractivity contribution is 9.10. The van der Waals surface area contributed by atoms with Crippen molar-refractivity contribution < 1.29 is 19.0 Å². The van der Waals surface area contributed by atoms with Gasteiger partial charge in [-0.15, -0.1) is 0 Å². The number of rotatable bonds is 7. The van der Waals surface area contributed by atoms with Crippen molar-refractivity contribution in [3.63, 3.8) is 0 Å². The maximum atomic E-state index is 13.2. The highest BCUT2D eigenvalue weighted by Gasteiger charge is 2.35. The minimum Gasteiger partial charge on any atom is -0.495 e. The second kappa shape index (κ2) is 10.9. The van der Waals surface area contributed by atoms with Gasteiger partial charge in [-0.2, -0.15) is 0 Å². The van der Waals surface area contributed by atoms with Crippen LogP contribution in [0.3, 0.4) is 0 Å². The molecule has 34 heavy (non-hydrogen) atoms. The van der Waals surface area contributed by atoms with E-state index < -0.39 is 0 Å². The summed E-state index contributed by atoms with van der Waals surface area (Å²) < 4.78 is 19.2. The number of anilines is 1. The summed E-state index contributed by atoms with van der Waals surface area (Å²) in [7, 11) is 3.15. The Morgan fingerprint density at radius 1 is 1.00 bits per heavy atom. The van der Waals surface area contributed by atoms with E-state index in [1.54, 1.807) is 26.4 Å². The number of thiocarbonyl (C=S) groups is 1. The monoisotopic (exact) mass is 619 g/mol. The van der Waals surface area contributed by atoms with E-state index in [4.69, 9.17) is 26.4 Å². The molecule has 0 aromatic heterocycles. The van der Waals surface area contributed by atoms with Crippen molar-refractivity contribution in [2.45, 2.75) is 6.61 Å². The molecule has 1 saturated heterocycles. The molecule has 174 valence electrons. The van der Waals surface area contributed by atoms with Crippen LogP contribution in [0.25, 0.3) is 6.08 Å². The van der Waals surface area contributed by atoms with Crippen LogP contribution in [0.4, 0.5) is 5.69 Å². The third-order valence-electron chi connectivity index (χ3n) is 4.97. The number of carbonyl (C=O) groups is 1. The Kier molecular flexibility index (Phi) is 7.98. The zero-order chi connectivity index (χ0) is 24.2. The molecule has 0 unspecified atom stereocenters. The van der Waals surface area contributed by atoms with Crippen molar-refractivity contribution >= 4 is 77.8 Å². The van der Waals surface area contributed by atoms with Crippen LogP contribution in [0.5, 0.6) is 17.2 Å². The molecular weight excluding hydrogens is 602 g/mol. The quantitative estimate of drug-likeness (QED) is 0.205. The SMILES string of the molecule is COc1ccccc1N1C(=O)/C(=C\c2cc(Br)c(OCc3ccc(Br)cc3)c(OC)c2)SC1=S. The second-order valence-corrected chi connectivity index (χ2v) is 10.6. The molecule has 0 atom stereocenters. The van der Waals surface area contributed by atoms with Gasteiger partial charge in [0.25, 0.3) is 5.91 Å². The van der Waals surface area contributed by atoms with E-state index in [0.29, 0.717) is 38.8 Å². The van der Waals surface area contributed by atoms with Crippen LogP contribution >= 0.6 is 55.8 Å². The van der Waals surface area contributed by atoms with Crippen LogP contribution in [-0.4, -0.2) is 24.4 Å². The zero-order valence-electron chi connectivity index (χ0n) is 18.2. The molecule has 9 heteroatoms. The van der Waals surface area contributed by atoms with E-state index in [-0.39, 0.29) is 5.91 Å². The molecule has 4 rings (SSSR count). The highest BCUT2D eigenvalue weighted by Crippen LogP contribution is 2.42. The van der Waals surface area contributed by atoms with Gasteiger partial charge >= 0.3 is 0 Å². The van der Waals surface area contributed by atoms with Gasteiger partial charge in [0.2, 0.25) is 0 Å². The van der Waals surface area contributed by atoms with Gasteiger partial charge in [-0.3, -0.25) is 9.69 Å². The first-order chi connectivity index (χ1) is 16.4. The van der Waals surface area contributed by atoms with Gasteiger partial charge < -0.3 is 14.2 Å². The van der Waals surface area contributed by atoms with E-state index in [1.807, 2.05) is 54.6 Å². The molecule has 0 radical (unpaired) electrons. The molecular formula is C25H19Br2NO4S2. The third kappa shape index (κ3) is 5.33. The largest absolute Gasteiger partial charge is 0.495 e. The lowest BCUT2D eigenvalue weighted by atomic mass is 10.1. The smallest absolute Gasteiger partial charge is 0.270 e. The molecule has 1 fully saturated rings. The predicted molar refractivity (Wildman–Crippen MR) is 148 cm³/mol. The number of thioether (sulfide) groups is 1. The summed E-state index contributed by atoms with van der Waals surface area (Å²) in [6.45, 7) is 0.388. The van der Waals surface area contributed by atoms with Gasteiger partial charge in [-0.05, 0) is 69.5 Å². The number of amides is 1. The van der Waals surface area contributed by atoms with E-state index in [9.17, 15) is 4.79 Å². The van der Waals surface area contributed by atoms with Gasteiger partial charge in [-0.1, -0.05) is 64.2 Å². The fourth-order valence-electron chi connectivity index (χ4n) is 3.34. The Hall–Kier alpha value is -2.33. The summed E-state index contributed by atoms with van der Waals surface area (Å²) >= 11 is 13.8. The molecule has 0 N–H and O–H groups in total. The maximum Gasteiger partial charge on any atom is 0.270 e. The van der Waals surface area contributed by atoms with E-state index in [1.165, 1.54) is 16.7 Å². The summed E-state index contributed by atoms with van der Waals surface area (Å²) in [5, 5.41) is 0. The normalized spacial score (nSPS) is 14.6. The first-order valence-electron chi connectivity index (χ1n) is 10.1. The topological polar surface area (TPSA) is 48.0 Å². The number of hydrogen-bond acceptors (Lipinski definition) is 6. The standard InChI is InChI=1S/C25H19Br2NO4S2/c1-30-20-6-4-3-5-19(20)28-24(29)22(34-25(28)33)13-16-11-18(27)23(21(12-16)31-2)32-14-15-7-9-17(26)10-8-15/h3-13H,14H2,1-2H3/b22-13+. The number of benzene rings is 3. The fraction of sp³-hybridized carbons (Fsp3) is 0.120. The van der Waals surface area contributed by atoms with Crippen LogP contribution in [0.2, 0.25) is 0 Å². The molecule has 3 aromatic carbocycles. The number of para-hydroxylation sites is 2. The molecule has 1 aliphatic heterocycles. The van der Waals surface area contributed by atoms with E-state index >= 15 is 0 Å². The molecule has 1 amide bonds. The lowest BCUT2D eigenvalue weighted by Crippen LogP contribution is -2.27. The number of nitrogens with zero attached hydrogens (tertiary/aromatic N) is 1. The van der Waals surface area contributed by atoms with Crippen LogP contribution in [0.15, 0.2) is 74.5 Å². The van der Waals surface area contributed by atoms with Crippen molar-refractivity contribution in [1.82, 2.24) is 0 Å². The Morgan fingerprint density at radius 3 is 2.41 bits per heavy atom. The van der Waals surface area contributed by atoms with Crippen molar-refractivity contribution in [1.29, 1.82) is 0 Å². The van der Waals surface area contributed by atoms with Crippen molar-refractivity contribution in [2.75, 3.05) is 19.1 Å². The number of methoxy groups -OCH3 is 2. The predicted octanol–water partition coefficient (Wildman–Crippen LogP) is 7.21. The van der Waals surface area contributed by atoms with Crippen LogP contribution in [0.1, 0.15) is 11.1 Å². The van der Waals surface area contributed by atoms with Gasteiger partial charge in [0, 0.05) is 4.47 Å². The average Bonchev–Trinajstić information content (AvgIpc) is 3.11. The average molecular weight is 621 g/mol. The first-order valence-corrected chi connectivity index (χ1v) is 12.9. The van der Waals surface area contributed by atoms with Crippen LogP contribution in [-0.2, 0) is 11.4 Å². The molecule has 0 saturated carbocycles. The van der Waals surface area contributed by atoms with Crippen molar-refractivity contribution in [3.05, 3.63) is 85.6 Å². The maximum absolute atomic E-state index is 13.2. The third-order valence-corrected chi connectivity index (χ3v) is 7.39. The van der Waals surface area contributed by atoms with Gasteiger partial charge in [0.1, 0.15) is 12.4 Å². The Balaban J connectivity index is 1.59. The molecule has 3 aromatic rings. The molecule has 5 nitrogen and oxygen atoms in total. The lowest BCUT2D eigenvalue weighted by Gasteiger charge is -2.17. The van der Waals surface area contributed by atoms with E-state index in [2.05, 4.69) is 31.9 Å². The fourth-order valence-corrected chi connectivity index (χ4v) is 5.46. The minimum atomic E-state index is -0.204.